The van der Waals surface area contributed by atoms with Gasteiger partial charge < -0.3 is 14.7 Å². The second-order valence-corrected chi connectivity index (χ2v) is 5.52. The number of rotatable bonds is 4. The molecule has 1 aliphatic rings. The van der Waals surface area contributed by atoms with E-state index in [1.807, 2.05) is 19.9 Å². The third-order valence-corrected chi connectivity index (χ3v) is 4.01. The molecule has 6 heteroatoms. The average Bonchev–Trinajstić information content (AvgIpc) is 2.85. The summed E-state index contributed by atoms with van der Waals surface area (Å²) in [6, 6.07) is 2.29. The van der Waals surface area contributed by atoms with Gasteiger partial charge in [-0.05, 0) is 32.8 Å². The van der Waals surface area contributed by atoms with Crippen molar-refractivity contribution < 1.29 is 4.52 Å². The van der Waals surface area contributed by atoms with Crippen LogP contribution in [0.1, 0.15) is 29.9 Å². The normalized spacial score (nSPS) is 19.0. The van der Waals surface area contributed by atoms with Gasteiger partial charge in [-0.15, -0.1) is 0 Å². The van der Waals surface area contributed by atoms with Gasteiger partial charge >= 0.3 is 0 Å². The maximum atomic E-state index is 5.21. The van der Waals surface area contributed by atoms with E-state index in [1.165, 1.54) is 12.0 Å². The van der Waals surface area contributed by atoms with Crippen LogP contribution in [0, 0.1) is 13.8 Å². The van der Waals surface area contributed by atoms with Gasteiger partial charge in [-0.2, -0.15) is 0 Å². The number of anilines is 1. The van der Waals surface area contributed by atoms with Crippen LogP contribution in [-0.2, 0) is 6.54 Å². The van der Waals surface area contributed by atoms with Crippen molar-refractivity contribution >= 4 is 5.95 Å². The fraction of sp³-hybridized carbons (Fsp3) is 0.533. The smallest absolute Gasteiger partial charge is 0.225 e. The monoisotopic (exact) mass is 287 g/mol. The van der Waals surface area contributed by atoms with Crippen LogP contribution in [0.4, 0.5) is 5.95 Å². The molecule has 0 aliphatic carbocycles. The summed E-state index contributed by atoms with van der Waals surface area (Å²) < 4.78 is 5.21. The highest BCUT2D eigenvalue weighted by Gasteiger charge is 2.22. The van der Waals surface area contributed by atoms with Crippen LogP contribution in [-0.4, -0.2) is 34.3 Å². The molecule has 1 saturated heterocycles. The lowest BCUT2D eigenvalue weighted by atomic mass is 10.1. The molecule has 1 aliphatic heterocycles. The van der Waals surface area contributed by atoms with Crippen molar-refractivity contribution in [2.75, 3.05) is 18.0 Å². The second kappa shape index (κ2) is 6.22. The van der Waals surface area contributed by atoms with Crippen molar-refractivity contribution in [2.45, 2.75) is 39.3 Å². The molecule has 2 aromatic rings. The quantitative estimate of drug-likeness (QED) is 0.925. The van der Waals surface area contributed by atoms with E-state index in [-0.39, 0.29) is 0 Å². The van der Waals surface area contributed by atoms with E-state index in [0.717, 1.165) is 43.5 Å². The molecule has 1 fully saturated rings. The molecular formula is C15H21N5O. The Morgan fingerprint density at radius 2 is 2.14 bits per heavy atom. The summed E-state index contributed by atoms with van der Waals surface area (Å²) >= 11 is 0. The van der Waals surface area contributed by atoms with Gasteiger partial charge in [-0.25, -0.2) is 9.97 Å². The van der Waals surface area contributed by atoms with Crippen molar-refractivity contribution in [2.24, 2.45) is 0 Å². The van der Waals surface area contributed by atoms with Gasteiger partial charge in [-0.1, -0.05) is 5.16 Å². The van der Waals surface area contributed by atoms with Crippen molar-refractivity contribution in [1.82, 2.24) is 20.4 Å². The summed E-state index contributed by atoms with van der Waals surface area (Å²) in [5.41, 5.74) is 2.14. The number of hydrogen-bond donors (Lipinski definition) is 1. The highest BCUT2D eigenvalue weighted by molar-refractivity contribution is 5.29. The summed E-state index contributed by atoms with van der Waals surface area (Å²) in [5.74, 6) is 1.72. The summed E-state index contributed by atoms with van der Waals surface area (Å²) in [6.07, 6.45) is 5.91. The van der Waals surface area contributed by atoms with Crippen LogP contribution in [0.25, 0.3) is 0 Å². The number of piperidine rings is 1. The molecule has 112 valence electrons. The van der Waals surface area contributed by atoms with Crippen LogP contribution in [0.5, 0.6) is 0 Å². The van der Waals surface area contributed by atoms with Gasteiger partial charge in [0, 0.05) is 43.6 Å². The molecule has 0 saturated carbocycles. The first-order valence-corrected chi connectivity index (χ1v) is 7.41. The molecule has 6 nitrogen and oxygen atoms in total. The highest BCUT2D eigenvalue weighted by atomic mass is 16.5. The third-order valence-electron chi connectivity index (χ3n) is 4.01. The van der Waals surface area contributed by atoms with Crippen LogP contribution in [0.2, 0.25) is 0 Å². The SMILES string of the molecule is Cc1noc(C)c1CNC1CCCN(c2ncccn2)C1. The lowest BCUT2D eigenvalue weighted by molar-refractivity contribution is 0.389. The zero-order valence-electron chi connectivity index (χ0n) is 12.5. The van der Waals surface area contributed by atoms with Gasteiger partial charge in [0.05, 0.1) is 5.69 Å². The highest BCUT2D eigenvalue weighted by Crippen LogP contribution is 2.17. The lowest BCUT2D eigenvalue weighted by Crippen LogP contribution is -2.46. The zero-order chi connectivity index (χ0) is 14.7. The second-order valence-electron chi connectivity index (χ2n) is 5.52. The van der Waals surface area contributed by atoms with Gasteiger partial charge in [0.25, 0.3) is 0 Å². The molecule has 0 aromatic carbocycles. The summed E-state index contributed by atoms with van der Waals surface area (Å²) in [5, 5.41) is 7.61. The van der Waals surface area contributed by atoms with E-state index < -0.39 is 0 Å². The Balaban J connectivity index is 1.59. The average molecular weight is 287 g/mol. The van der Waals surface area contributed by atoms with Crippen molar-refractivity contribution in [1.29, 1.82) is 0 Å². The number of hydrogen-bond acceptors (Lipinski definition) is 6. The summed E-state index contributed by atoms with van der Waals surface area (Å²) in [4.78, 5) is 10.9. The fourth-order valence-electron chi connectivity index (χ4n) is 2.78. The molecule has 0 bridgehead atoms. The van der Waals surface area contributed by atoms with E-state index >= 15 is 0 Å². The standard InChI is InChI=1S/C15H21N5O/c1-11-14(12(2)21-19-11)9-18-13-5-3-8-20(10-13)15-16-6-4-7-17-15/h4,6-7,13,18H,3,5,8-10H2,1-2H3. The Kier molecular flexibility index (Phi) is 4.15. The molecule has 21 heavy (non-hydrogen) atoms. The summed E-state index contributed by atoms with van der Waals surface area (Å²) in [6.45, 7) is 6.71. The fourth-order valence-corrected chi connectivity index (χ4v) is 2.78. The van der Waals surface area contributed by atoms with Crippen LogP contribution in [0.15, 0.2) is 23.0 Å². The van der Waals surface area contributed by atoms with Crippen molar-refractivity contribution in [3.63, 3.8) is 0 Å². The minimum absolute atomic E-state index is 0.441. The van der Waals surface area contributed by atoms with Crippen molar-refractivity contribution in [3.05, 3.63) is 35.5 Å². The number of aromatic nitrogens is 3. The predicted octanol–water partition coefficient (Wildman–Crippen LogP) is 1.84. The summed E-state index contributed by atoms with van der Waals surface area (Å²) in [7, 11) is 0. The Bertz CT molecular complexity index is 564. The van der Waals surface area contributed by atoms with E-state index in [4.69, 9.17) is 4.52 Å². The topological polar surface area (TPSA) is 67.1 Å². The van der Waals surface area contributed by atoms with E-state index in [2.05, 4.69) is 25.3 Å². The first-order chi connectivity index (χ1) is 10.2. The first kappa shape index (κ1) is 14.0. The third kappa shape index (κ3) is 3.21. The molecule has 3 rings (SSSR count). The van der Waals surface area contributed by atoms with E-state index in [1.54, 1.807) is 12.4 Å². The first-order valence-electron chi connectivity index (χ1n) is 7.41. The molecule has 0 amide bonds. The van der Waals surface area contributed by atoms with E-state index in [0.29, 0.717) is 6.04 Å². The Labute approximate surface area is 124 Å². The largest absolute Gasteiger partial charge is 0.361 e. The van der Waals surface area contributed by atoms with Crippen LogP contribution >= 0.6 is 0 Å². The minimum Gasteiger partial charge on any atom is -0.361 e. The Hall–Kier alpha value is -1.95. The Morgan fingerprint density at radius 1 is 1.33 bits per heavy atom. The minimum atomic E-state index is 0.441. The molecule has 1 N–H and O–H groups in total. The number of nitrogens with one attached hydrogen (secondary N) is 1. The van der Waals surface area contributed by atoms with Gasteiger partial charge in [0.15, 0.2) is 0 Å². The Morgan fingerprint density at radius 3 is 2.86 bits per heavy atom. The molecular weight excluding hydrogens is 266 g/mol. The maximum Gasteiger partial charge on any atom is 0.225 e. The van der Waals surface area contributed by atoms with Gasteiger partial charge in [0.2, 0.25) is 5.95 Å². The van der Waals surface area contributed by atoms with E-state index in [9.17, 15) is 0 Å². The van der Waals surface area contributed by atoms with Crippen LogP contribution in [0.3, 0.4) is 0 Å². The molecule has 0 radical (unpaired) electrons. The molecule has 1 atom stereocenters. The number of nitrogens with zero attached hydrogens (tertiary/aromatic N) is 4. The predicted molar refractivity (Wildman–Crippen MR) is 80.1 cm³/mol. The van der Waals surface area contributed by atoms with Gasteiger partial charge in [-0.3, -0.25) is 0 Å². The maximum absolute atomic E-state index is 5.21. The zero-order valence-corrected chi connectivity index (χ0v) is 12.5. The molecule has 1 unspecified atom stereocenters. The molecule has 3 heterocycles. The van der Waals surface area contributed by atoms with Crippen molar-refractivity contribution in [3.8, 4) is 0 Å². The van der Waals surface area contributed by atoms with Crippen LogP contribution < -0.4 is 10.2 Å². The molecule has 2 aromatic heterocycles. The molecule has 0 spiro atoms. The number of aryl methyl sites for hydroxylation is 2. The van der Waals surface area contributed by atoms with Gasteiger partial charge in [0.1, 0.15) is 5.76 Å². The lowest BCUT2D eigenvalue weighted by Gasteiger charge is -2.33.